The first kappa shape index (κ1) is 20.0. The first-order valence-electron chi connectivity index (χ1n) is 10.5. The summed E-state index contributed by atoms with van der Waals surface area (Å²) in [5.74, 6) is 0.932. The summed E-state index contributed by atoms with van der Waals surface area (Å²) in [6.45, 7) is 3.15. The second-order valence-electron chi connectivity index (χ2n) is 7.79. The van der Waals surface area contributed by atoms with Crippen LogP contribution in [0.3, 0.4) is 0 Å². The molecule has 0 unspecified atom stereocenters. The second kappa shape index (κ2) is 9.00. The maximum atomic E-state index is 12.9. The average Bonchev–Trinajstić information content (AvgIpc) is 3.24. The van der Waals surface area contributed by atoms with Crippen molar-refractivity contribution in [2.45, 2.75) is 32.2 Å². The lowest BCUT2D eigenvalue weighted by Crippen LogP contribution is -2.32. The predicted octanol–water partition coefficient (Wildman–Crippen LogP) is 3.15. The van der Waals surface area contributed by atoms with Gasteiger partial charge in [0.05, 0.1) is 18.2 Å². The molecule has 154 valence electrons. The summed E-state index contributed by atoms with van der Waals surface area (Å²) in [6.07, 6.45) is 3.40. The van der Waals surface area contributed by atoms with Gasteiger partial charge in [-0.1, -0.05) is 12.1 Å². The summed E-state index contributed by atoms with van der Waals surface area (Å²) in [5, 5.41) is 8.94. The number of likely N-dealkylation sites (tertiary alicyclic amines) is 1. The Kier molecular flexibility index (Phi) is 5.99. The second-order valence-corrected chi connectivity index (χ2v) is 7.79. The van der Waals surface area contributed by atoms with Gasteiger partial charge in [0.1, 0.15) is 12.4 Å². The highest BCUT2D eigenvalue weighted by Gasteiger charge is 2.22. The highest BCUT2D eigenvalue weighted by molar-refractivity contribution is 5.94. The average molecular weight is 403 g/mol. The predicted molar refractivity (Wildman–Crippen MR) is 112 cm³/mol. The molecule has 2 aliphatic heterocycles. The van der Waals surface area contributed by atoms with Crippen LogP contribution in [0.5, 0.6) is 5.75 Å². The minimum Gasteiger partial charge on any atom is -0.491 e. The zero-order chi connectivity index (χ0) is 20.9. The molecular weight excluding hydrogens is 378 g/mol. The van der Waals surface area contributed by atoms with E-state index in [4.69, 9.17) is 10.00 Å². The van der Waals surface area contributed by atoms with E-state index in [1.807, 2.05) is 17.0 Å². The molecule has 0 radical (unpaired) electrons. The number of carbonyl (C=O) groups excluding carboxylic acids is 2. The number of nitrogens with zero attached hydrogens (tertiary/aromatic N) is 3. The number of hydrogen-bond donors (Lipinski definition) is 0. The summed E-state index contributed by atoms with van der Waals surface area (Å²) in [4.78, 5) is 29.0. The molecule has 0 aromatic heterocycles. The molecule has 0 aliphatic carbocycles. The number of hydrogen-bond acceptors (Lipinski definition) is 4. The fraction of sp³-hybridized carbons (Fsp3) is 0.375. The highest BCUT2D eigenvalue weighted by Crippen LogP contribution is 2.26. The molecule has 4 rings (SSSR count). The largest absolute Gasteiger partial charge is 0.491 e. The van der Waals surface area contributed by atoms with E-state index in [-0.39, 0.29) is 11.8 Å². The number of amides is 2. The van der Waals surface area contributed by atoms with Crippen LogP contribution >= 0.6 is 0 Å². The van der Waals surface area contributed by atoms with E-state index in [0.717, 1.165) is 42.8 Å². The smallest absolute Gasteiger partial charge is 0.254 e. The van der Waals surface area contributed by atoms with Crippen LogP contribution in [0.2, 0.25) is 0 Å². The zero-order valence-electron chi connectivity index (χ0n) is 17.0. The molecule has 1 saturated heterocycles. The van der Waals surface area contributed by atoms with Gasteiger partial charge in [-0.3, -0.25) is 9.59 Å². The van der Waals surface area contributed by atoms with Crippen LogP contribution in [0.15, 0.2) is 42.5 Å². The Balaban J connectivity index is 1.44. The summed E-state index contributed by atoms with van der Waals surface area (Å²) in [7, 11) is 0. The van der Waals surface area contributed by atoms with Gasteiger partial charge in [-0.2, -0.15) is 5.26 Å². The van der Waals surface area contributed by atoms with Crippen molar-refractivity contribution in [1.29, 1.82) is 5.26 Å². The molecule has 2 heterocycles. The van der Waals surface area contributed by atoms with Crippen LogP contribution < -0.4 is 4.74 Å². The van der Waals surface area contributed by atoms with Crippen molar-refractivity contribution in [2.75, 3.05) is 26.2 Å². The van der Waals surface area contributed by atoms with Crippen molar-refractivity contribution in [3.63, 3.8) is 0 Å². The molecule has 1 fully saturated rings. The van der Waals surface area contributed by atoms with E-state index in [2.05, 4.69) is 12.1 Å². The lowest BCUT2D eigenvalue weighted by atomic mass is 10.0. The molecule has 0 bridgehead atoms. The van der Waals surface area contributed by atoms with E-state index >= 15 is 0 Å². The minimum absolute atomic E-state index is 0.0782. The molecule has 6 heteroatoms. The van der Waals surface area contributed by atoms with Crippen LogP contribution in [0.25, 0.3) is 0 Å². The Morgan fingerprint density at radius 3 is 2.50 bits per heavy atom. The first-order chi connectivity index (χ1) is 14.6. The fourth-order valence-corrected chi connectivity index (χ4v) is 4.02. The van der Waals surface area contributed by atoms with Crippen molar-refractivity contribution in [2.24, 2.45) is 0 Å². The maximum Gasteiger partial charge on any atom is 0.254 e. The topological polar surface area (TPSA) is 73.6 Å². The van der Waals surface area contributed by atoms with Crippen molar-refractivity contribution >= 4 is 11.8 Å². The summed E-state index contributed by atoms with van der Waals surface area (Å²) >= 11 is 0. The van der Waals surface area contributed by atoms with E-state index in [0.29, 0.717) is 43.7 Å². The van der Waals surface area contributed by atoms with Crippen LogP contribution in [-0.4, -0.2) is 47.9 Å². The SMILES string of the molecule is N#Cc1ccc(C(=O)N2CCOc3ccc(CCC(=O)N4CCCC4)cc3C2)cc1. The van der Waals surface area contributed by atoms with Gasteiger partial charge in [-0.05, 0) is 55.2 Å². The van der Waals surface area contributed by atoms with Crippen LogP contribution in [0.4, 0.5) is 0 Å². The van der Waals surface area contributed by atoms with Crippen LogP contribution in [-0.2, 0) is 17.8 Å². The van der Waals surface area contributed by atoms with E-state index in [1.54, 1.807) is 29.2 Å². The standard InChI is InChI=1S/C24H25N3O3/c25-16-19-3-7-20(8-4-19)24(29)27-13-14-30-22-9-5-18(15-21(22)17-27)6-10-23(28)26-11-1-2-12-26/h3-5,7-9,15H,1-2,6,10-14,17H2. The highest BCUT2D eigenvalue weighted by atomic mass is 16.5. The molecule has 0 atom stereocenters. The summed E-state index contributed by atoms with van der Waals surface area (Å²) < 4.78 is 5.85. The van der Waals surface area contributed by atoms with Crippen molar-refractivity contribution in [3.05, 3.63) is 64.7 Å². The fourth-order valence-electron chi connectivity index (χ4n) is 4.02. The quantitative estimate of drug-likeness (QED) is 0.786. The maximum absolute atomic E-state index is 12.9. The molecule has 2 aliphatic rings. The Morgan fingerprint density at radius 1 is 1.00 bits per heavy atom. The van der Waals surface area contributed by atoms with E-state index < -0.39 is 0 Å². The monoisotopic (exact) mass is 403 g/mol. The Bertz CT molecular complexity index is 972. The molecule has 2 amide bonds. The Labute approximate surface area is 176 Å². The summed E-state index contributed by atoms with van der Waals surface area (Å²) in [5.41, 5.74) is 3.13. The molecule has 30 heavy (non-hydrogen) atoms. The van der Waals surface area contributed by atoms with Crippen molar-refractivity contribution < 1.29 is 14.3 Å². The lowest BCUT2D eigenvalue weighted by Gasteiger charge is -2.20. The Hall–Kier alpha value is -3.33. The van der Waals surface area contributed by atoms with Gasteiger partial charge in [-0.25, -0.2) is 0 Å². The molecule has 2 aromatic carbocycles. The third-order valence-corrected chi connectivity index (χ3v) is 5.74. The number of rotatable bonds is 4. The normalized spacial score (nSPS) is 15.7. The zero-order valence-corrected chi connectivity index (χ0v) is 17.0. The third kappa shape index (κ3) is 4.46. The van der Waals surface area contributed by atoms with Gasteiger partial charge in [0.2, 0.25) is 5.91 Å². The Morgan fingerprint density at radius 2 is 1.77 bits per heavy atom. The summed E-state index contributed by atoms with van der Waals surface area (Å²) in [6, 6.07) is 14.8. The van der Waals surface area contributed by atoms with E-state index in [1.165, 1.54) is 0 Å². The number of carbonyl (C=O) groups is 2. The van der Waals surface area contributed by atoms with Gasteiger partial charge >= 0.3 is 0 Å². The first-order valence-corrected chi connectivity index (χ1v) is 10.5. The van der Waals surface area contributed by atoms with Crippen LogP contribution in [0, 0.1) is 11.3 Å². The molecule has 6 nitrogen and oxygen atoms in total. The van der Waals surface area contributed by atoms with Crippen LogP contribution in [0.1, 0.15) is 46.3 Å². The molecule has 0 spiro atoms. The number of aryl methyl sites for hydroxylation is 1. The van der Waals surface area contributed by atoms with E-state index in [9.17, 15) is 9.59 Å². The van der Waals surface area contributed by atoms with Gasteiger partial charge in [0.25, 0.3) is 5.91 Å². The van der Waals surface area contributed by atoms with Gasteiger partial charge in [-0.15, -0.1) is 0 Å². The molecular formula is C24H25N3O3. The van der Waals surface area contributed by atoms with Crippen molar-refractivity contribution in [1.82, 2.24) is 9.80 Å². The van der Waals surface area contributed by atoms with Gasteiger partial charge < -0.3 is 14.5 Å². The van der Waals surface area contributed by atoms with Gasteiger partial charge in [0.15, 0.2) is 0 Å². The van der Waals surface area contributed by atoms with Gasteiger partial charge in [0, 0.05) is 37.2 Å². The third-order valence-electron chi connectivity index (χ3n) is 5.74. The number of nitriles is 1. The molecule has 0 saturated carbocycles. The minimum atomic E-state index is -0.0782. The lowest BCUT2D eigenvalue weighted by molar-refractivity contribution is -0.130. The van der Waals surface area contributed by atoms with Crippen molar-refractivity contribution in [3.8, 4) is 11.8 Å². The number of ether oxygens (including phenoxy) is 1. The number of benzene rings is 2. The number of fused-ring (bicyclic) bond motifs is 1. The molecule has 0 N–H and O–H groups in total. The molecule has 2 aromatic rings.